The number of nitrogens with zero attached hydrogens (tertiary/aromatic N) is 1. The fraction of sp³-hybridized carbons (Fsp3) is 1.00. The zero-order chi connectivity index (χ0) is 12.5. The molecule has 2 unspecified atom stereocenters. The third kappa shape index (κ3) is 5.84. The van der Waals surface area contributed by atoms with Crippen LogP contribution in [0.25, 0.3) is 0 Å². The highest BCUT2D eigenvalue weighted by molar-refractivity contribution is 4.77. The molecule has 1 rings (SSSR count). The van der Waals surface area contributed by atoms with Gasteiger partial charge in [-0.2, -0.15) is 0 Å². The van der Waals surface area contributed by atoms with E-state index in [0.29, 0.717) is 6.04 Å². The Bertz CT molecular complexity index is 185. The van der Waals surface area contributed by atoms with Gasteiger partial charge in [0.2, 0.25) is 0 Å². The van der Waals surface area contributed by atoms with Crippen LogP contribution in [0.1, 0.15) is 39.5 Å². The first-order valence-electron chi connectivity index (χ1n) is 7.24. The Labute approximate surface area is 107 Å². The van der Waals surface area contributed by atoms with Crippen LogP contribution in [-0.4, -0.2) is 50.8 Å². The molecule has 17 heavy (non-hydrogen) atoms. The normalized spacial score (nSPS) is 23.8. The van der Waals surface area contributed by atoms with Crippen molar-refractivity contribution in [3.8, 4) is 0 Å². The minimum atomic E-state index is 0.496. The van der Waals surface area contributed by atoms with Crippen molar-refractivity contribution in [2.45, 2.75) is 45.6 Å². The lowest BCUT2D eigenvalue weighted by Gasteiger charge is -2.34. The average Bonchev–Trinajstić information content (AvgIpc) is 2.36. The van der Waals surface area contributed by atoms with Gasteiger partial charge in [-0.05, 0) is 38.3 Å². The van der Waals surface area contributed by atoms with E-state index in [1.54, 1.807) is 7.11 Å². The van der Waals surface area contributed by atoms with Crippen LogP contribution < -0.4 is 5.32 Å². The smallest absolute Gasteiger partial charge is 0.0628 e. The molecule has 0 bridgehead atoms. The van der Waals surface area contributed by atoms with Crippen LogP contribution in [0.4, 0.5) is 0 Å². The summed E-state index contributed by atoms with van der Waals surface area (Å²) in [5.41, 5.74) is 0. The van der Waals surface area contributed by atoms with Crippen LogP contribution >= 0.6 is 0 Å². The van der Waals surface area contributed by atoms with E-state index in [4.69, 9.17) is 4.74 Å². The number of rotatable bonds is 8. The van der Waals surface area contributed by atoms with Crippen molar-refractivity contribution < 1.29 is 4.74 Å². The van der Waals surface area contributed by atoms with Crippen LogP contribution in [0.2, 0.25) is 0 Å². The predicted octanol–water partition coefficient (Wildman–Crippen LogP) is 2.12. The number of methoxy groups -OCH3 is 1. The van der Waals surface area contributed by atoms with E-state index < -0.39 is 0 Å². The monoisotopic (exact) mass is 242 g/mol. The summed E-state index contributed by atoms with van der Waals surface area (Å²) >= 11 is 0. The summed E-state index contributed by atoms with van der Waals surface area (Å²) in [4.78, 5) is 2.62. The van der Waals surface area contributed by atoms with Gasteiger partial charge in [-0.25, -0.2) is 0 Å². The Morgan fingerprint density at radius 2 is 2.24 bits per heavy atom. The highest BCUT2D eigenvalue weighted by atomic mass is 16.5. The van der Waals surface area contributed by atoms with Crippen molar-refractivity contribution in [2.24, 2.45) is 5.92 Å². The molecule has 0 aromatic heterocycles. The number of piperidine rings is 1. The Morgan fingerprint density at radius 3 is 2.88 bits per heavy atom. The van der Waals surface area contributed by atoms with Crippen molar-refractivity contribution in [3.05, 3.63) is 0 Å². The minimum Gasteiger partial charge on any atom is -0.383 e. The van der Waals surface area contributed by atoms with Gasteiger partial charge in [0.1, 0.15) is 0 Å². The molecule has 1 heterocycles. The molecule has 0 spiro atoms. The fourth-order valence-electron chi connectivity index (χ4n) is 2.69. The van der Waals surface area contributed by atoms with E-state index in [0.717, 1.165) is 25.6 Å². The molecule has 2 atom stereocenters. The molecule has 3 nitrogen and oxygen atoms in total. The number of ether oxygens (including phenoxy) is 1. The zero-order valence-electron chi connectivity index (χ0n) is 11.9. The topological polar surface area (TPSA) is 24.5 Å². The van der Waals surface area contributed by atoms with Crippen LogP contribution in [-0.2, 0) is 4.74 Å². The molecule has 1 fully saturated rings. The predicted molar refractivity (Wildman–Crippen MR) is 73.4 cm³/mol. The molecule has 0 aromatic carbocycles. The maximum Gasteiger partial charge on any atom is 0.0628 e. The number of nitrogens with one attached hydrogen (secondary N) is 1. The van der Waals surface area contributed by atoms with E-state index >= 15 is 0 Å². The average molecular weight is 242 g/mol. The van der Waals surface area contributed by atoms with Crippen molar-refractivity contribution in [1.29, 1.82) is 0 Å². The summed E-state index contributed by atoms with van der Waals surface area (Å²) in [5, 5.41) is 3.58. The lowest BCUT2D eigenvalue weighted by Crippen LogP contribution is -2.47. The second-order valence-corrected chi connectivity index (χ2v) is 5.28. The first kappa shape index (κ1) is 14.9. The molecule has 0 aliphatic carbocycles. The molecule has 1 aliphatic heterocycles. The molecule has 0 aromatic rings. The lowest BCUT2D eigenvalue weighted by molar-refractivity contribution is 0.113. The van der Waals surface area contributed by atoms with Crippen LogP contribution in [0, 0.1) is 5.92 Å². The molecule has 1 saturated heterocycles. The minimum absolute atomic E-state index is 0.496. The molecule has 102 valence electrons. The summed E-state index contributed by atoms with van der Waals surface area (Å²) in [7, 11) is 1.80. The largest absolute Gasteiger partial charge is 0.383 e. The zero-order valence-corrected chi connectivity index (χ0v) is 11.9. The summed E-state index contributed by atoms with van der Waals surface area (Å²) in [6, 6.07) is 0.496. The van der Waals surface area contributed by atoms with E-state index in [2.05, 4.69) is 24.1 Å². The molecule has 3 heteroatoms. The third-order valence-electron chi connectivity index (χ3n) is 3.71. The van der Waals surface area contributed by atoms with Crippen molar-refractivity contribution >= 4 is 0 Å². The third-order valence-corrected chi connectivity index (χ3v) is 3.71. The van der Waals surface area contributed by atoms with Gasteiger partial charge < -0.3 is 15.0 Å². The van der Waals surface area contributed by atoms with Gasteiger partial charge in [0.05, 0.1) is 6.61 Å². The summed E-state index contributed by atoms with van der Waals surface area (Å²) in [5.74, 6) is 0.915. The number of hydrogen-bond donors (Lipinski definition) is 1. The maximum absolute atomic E-state index is 5.31. The molecule has 1 N–H and O–H groups in total. The van der Waals surface area contributed by atoms with Crippen LogP contribution in [0.15, 0.2) is 0 Å². The van der Waals surface area contributed by atoms with Crippen molar-refractivity contribution in [2.75, 3.05) is 39.9 Å². The Balaban J connectivity index is 2.31. The number of hydrogen-bond acceptors (Lipinski definition) is 3. The van der Waals surface area contributed by atoms with Gasteiger partial charge in [0.15, 0.2) is 0 Å². The van der Waals surface area contributed by atoms with Gasteiger partial charge in [0.25, 0.3) is 0 Å². The standard InChI is InChI=1S/C14H30N2O/c1-4-8-15-14(12-17-3)11-16-9-6-7-13(5-2)10-16/h13-15H,4-12H2,1-3H3. The fourth-order valence-corrected chi connectivity index (χ4v) is 2.69. The summed E-state index contributed by atoms with van der Waals surface area (Å²) < 4.78 is 5.31. The molecule has 0 radical (unpaired) electrons. The Morgan fingerprint density at radius 1 is 1.41 bits per heavy atom. The lowest BCUT2D eigenvalue weighted by atomic mass is 9.95. The quantitative estimate of drug-likeness (QED) is 0.705. The Hall–Kier alpha value is -0.120. The van der Waals surface area contributed by atoms with Gasteiger partial charge in [-0.15, -0.1) is 0 Å². The molecular weight excluding hydrogens is 212 g/mol. The molecule has 0 saturated carbocycles. The first-order valence-corrected chi connectivity index (χ1v) is 7.24. The maximum atomic E-state index is 5.31. The van der Waals surface area contributed by atoms with E-state index in [1.807, 2.05) is 0 Å². The first-order chi connectivity index (χ1) is 8.30. The second-order valence-electron chi connectivity index (χ2n) is 5.28. The van der Waals surface area contributed by atoms with E-state index in [-0.39, 0.29) is 0 Å². The van der Waals surface area contributed by atoms with Gasteiger partial charge in [0, 0.05) is 26.2 Å². The SMILES string of the molecule is CCCNC(COC)CN1CCCC(CC)C1. The van der Waals surface area contributed by atoms with Gasteiger partial charge >= 0.3 is 0 Å². The van der Waals surface area contributed by atoms with Crippen molar-refractivity contribution in [3.63, 3.8) is 0 Å². The van der Waals surface area contributed by atoms with E-state index in [9.17, 15) is 0 Å². The Kier molecular flexibility index (Phi) is 7.82. The number of likely N-dealkylation sites (tertiary alicyclic amines) is 1. The summed E-state index contributed by atoms with van der Waals surface area (Å²) in [6.45, 7) is 10.1. The molecule has 0 amide bonds. The van der Waals surface area contributed by atoms with Crippen LogP contribution in [0.5, 0.6) is 0 Å². The second kappa shape index (κ2) is 8.90. The van der Waals surface area contributed by atoms with E-state index in [1.165, 1.54) is 38.8 Å². The van der Waals surface area contributed by atoms with Gasteiger partial charge in [-0.1, -0.05) is 20.3 Å². The summed E-state index contributed by atoms with van der Waals surface area (Å²) in [6.07, 6.45) is 5.31. The highest BCUT2D eigenvalue weighted by Crippen LogP contribution is 2.19. The highest BCUT2D eigenvalue weighted by Gasteiger charge is 2.20. The van der Waals surface area contributed by atoms with Crippen LogP contribution in [0.3, 0.4) is 0 Å². The van der Waals surface area contributed by atoms with Gasteiger partial charge in [-0.3, -0.25) is 0 Å². The molecular formula is C14H30N2O. The van der Waals surface area contributed by atoms with Crippen molar-refractivity contribution in [1.82, 2.24) is 10.2 Å². The molecule has 1 aliphatic rings.